The Hall–Kier alpha value is -1.07. The Bertz CT molecular complexity index is 460. The minimum absolute atomic E-state index is 0.144. The molecule has 20 heavy (non-hydrogen) atoms. The first-order valence-corrected chi connectivity index (χ1v) is 8.99. The van der Waals surface area contributed by atoms with Crippen molar-refractivity contribution < 1.29 is 8.42 Å². The molecule has 1 N–H and O–H groups in total. The number of nitrogens with zero attached hydrogens (tertiary/aromatic N) is 1. The lowest BCUT2D eigenvalue weighted by Crippen LogP contribution is -2.37. The monoisotopic (exact) mass is 298 g/mol. The molecule has 5 heteroatoms. The van der Waals surface area contributed by atoms with Gasteiger partial charge in [-0.3, -0.25) is 4.31 Å². The summed E-state index contributed by atoms with van der Waals surface area (Å²) < 4.78 is 26.5. The second-order valence-electron chi connectivity index (χ2n) is 4.83. The fourth-order valence-corrected chi connectivity index (χ4v) is 3.41. The van der Waals surface area contributed by atoms with Crippen LogP contribution in [0.1, 0.15) is 33.1 Å². The first-order valence-electron chi connectivity index (χ1n) is 7.38. The van der Waals surface area contributed by atoms with E-state index in [1.807, 2.05) is 30.3 Å². The highest BCUT2D eigenvalue weighted by Crippen LogP contribution is 2.18. The molecule has 0 heterocycles. The maximum absolute atomic E-state index is 12.5. The predicted molar refractivity (Wildman–Crippen MR) is 85.6 cm³/mol. The standard InChI is InChI=1S/C15H26N2O2S/c1-3-5-13-17(15-9-7-6-8-10-15)20(18,19)14-12-16-11-4-2/h6-10,16H,3-5,11-14H2,1-2H3. The van der Waals surface area contributed by atoms with Crippen LogP contribution in [0.15, 0.2) is 30.3 Å². The van der Waals surface area contributed by atoms with Crippen molar-refractivity contribution in [1.29, 1.82) is 0 Å². The molecule has 1 aromatic carbocycles. The molecule has 0 atom stereocenters. The van der Waals surface area contributed by atoms with E-state index in [4.69, 9.17) is 0 Å². The fraction of sp³-hybridized carbons (Fsp3) is 0.600. The number of hydrogen-bond acceptors (Lipinski definition) is 3. The van der Waals surface area contributed by atoms with E-state index in [1.54, 1.807) is 4.31 Å². The molecule has 0 fully saturated rings. The molecule has 0 aromatic heterocycles. The highest BCUT2D eigenvalue weighted by Gasteiger charge is 2.21. The van der Waals surface area contributed by atoms with Crippen molar-refractivity contribution >= 4 is 15.7 Å². The lowest BCUT2D eigenvalue weighted by Gasteiger charge is -2.24. The minimum Gasteiger partial charge on any atom is -0.316 e. The van der Waals surface area contributed by atoms with Crippen LogP contribution in [0.2, 0.25) is 0 Å². The molecule has 0 aliphatic rings. The smallest absolute Gasteiger partial charge is 0.236 e. The van der Waals surface area contributed by atoms with Crippen molar-refractivity contribution in [3.8, 4) is 0 Å². The lowest BCUT2D eigenvalue weighted by atomic mass is 10.3. The van der Waals surface area contributed by atoms with Crippen LogP contribution in [0.25, 0.3) is 0 Å². The SMILES string of the molecule is CCCCN(c1ccccc1)S(=O)(=O)CCNCCC. The summed E-state index contributed by atoms with van der Waals surface area (Å²) in [7, 11) is -3.26. The van der Waals surface area contributed by atoms with Crippen molar-refractivity contribution in [2.24, 2.45) is 0 Å². The topological polar surface area (TPSA) is 49.4 Å². The van der Waals surface area contributed by atoms with Crippen molar-refractivity contribution in [1.82, 2.24) is 5.32 Å². The van der Waals surface area contributed by atoms with Crippen LogP contribution in [-0.4, -0.2) is 33.8 Å². The van der Waals surface area contributed by atoms with Crippen LogP contribution in [0.3, 0.4) is 0 Å². The Morgan fingerprint density at radius 1 is 1.05 bits per heavy atom. The van der Waals surface area contributed by atoms with E-state index in [0.29, 0.717) is 13.1 Å². The van der Waals surface area contributed by atoms with Crippen LogP contribution >= 0.6 is 0 Å². The summed E-state index contributed by atoms with van der Waals surface area (Å²) in [6.45, 7) is 6.05. The maximum Gasteiger partial charge on any atom is 0.236 e. The number of sulfonamides is 1. The third-order valence-electron chi connectivity index (χ3n) is 3.06. The van der Waals surface area contributed by atoms with Crippen molar-refractivity contribution in [2.45, 2.75) is 33.1 Å². The van der Waals surface area contributed by atoms with Crippen LogP contribution in [-0.2, 0) is 10.0 Å². The average Bonchev–Trinajstić information content (AvgIpc) is 2.45. The van der Waals surface area contributed by atoms with Crippen molar-refractivity contribution in [3.63, 3.8) is 0 Å². The van der Waals surface area contributed by atoms with E-state index in [1.165, 1.54) is 0 Å². The molecule has 0 aliphatic carbocycles. The zero-order valence-electron chi connectivity index (χ0n) is 12.5. The molecular weight excluding hydrogens is 272 g/mol. The van der Waals surface area contributed by atoms with E-state index < -0.39 is 10.0 Å². The Morgan fingerprint density at radius 3 is 2.35 bits per heavy atom. The van der Waals surface area contributed by atoms with Crippen LogP contribution in [0.5, 0.6) is 0 Å². The van der Waals surface area contributed by atoms with Crippen molar-refractivity contribution in [2.75, 3.05) is 29.7 Å². The summed E-state index contributed by atoms with van der Waals surface area (Å²) >= 11 is 0. The van der Waals surface area contributed by atoms with Gasteiger partial charge in [-0.05, 0) is 31.5 Å². The van der Waals surface area contributed by atoms with Gasteiger partial charge in [-0.15, -0.1) is 0 Å². The molecule has 0 radical (unpaired) electrons. The second kappa shape index (κ2) is 8.97. The number of anilines is 1. The molecule has 0 saturated heterocycles. The van der Waals surface area contributed by atoms with Gasteiger partial charge in [0, 0.05) is 13.1 Å². The number of unbranched alkanes of at least 4 members (excludes halogenated alkanes) is 1. The molecule has 0 aliphatic heterocycles. The fourth-order valence-electron chi connectivity index (χ4n) is 1.94. The largest absolute Gasteiger partial charge is 0.316 e. The molecule has 0 spiro atoms. The highest BCUT2D eigenvalue weighted by molar-refractivity contribution is 7.92. The molecule has 0 bridgehead atoms. The number of rotatable bonds is 10. The van der Waals surface area contributed by atoms with E-state index in [9.17, 15) is 8.42 Å². The Labute approximate surface area is 123 Å². The van der Waals surface area contributed by atoms with Gasteiger partial charge in [0.1, 0.15) is 0 Å². The molecule has 0 unspecified atom stereocenters. The van der Waals surface area contributed by atoms with Gasteiger partial charge in [0.15, 0.2) is 0 Å². The normalized spacial score (nSPS) is 11.5. The number of benzene rings is 1. The number of para-hydroxylation sites is 1. The number of nitrogens with one attached hydrogen (secondary N) is 1. The van der Waals surface area contributed by atoms with E-state index >= 15 is 0 Å². The van der Waals surface area contributed by atoms with Crippen LogP contribution < -0.4 is 9.62 Å². The van der Waals surface area contributed by atoms with Gasteiger partial charge < -0.3 is 5.32 Å². The van der Waals surface area contributed by atoms with Crippen molar-refractivity contribution in [3.05, 3.63) is 30.3 Å². The summed E-state index contributed by atoms with van der Waals surface area (Å²) in [5.41, 5.74) is 0.761. The minimum atomic E-state index is -3.26. The van der Waals surface area contributed by atoms with Gasteiger partial charge in [0.2, 0.25) is 10.0 Å². The summed E-state index contributed by atoms with van der Waals surface area (Å²) in [6.07, 6.45) is 2.86. The summed E-state index contributed by atoms with van der Waals surface area (Å²) in [4.78, 5) is 0. The summed E-state index contributed by atoms with van der Waals surface area (Å²) in [6, 6.07) is 9.36. The molecule has 114 valence electrons. The zero-order chi connectivity index (χ0) is 14.8. The lowest BCUT2D eigenvalue weighted by molar-refractivity contribution is 0.583. The maximum atomic E-state index is 12.5. The summed E-state index contributed by atoms with van der Waals surface area (Å²) in [5, 5.41) is 3.15. The molecular formula is C15H26N2O2S. The molecule has 4 nitrogen and oxygen atoms in total. The van der Waals surface area contributed by atoms with Crippen LogP contribution in [0, 0.1) is 0 Å². The Balaban J connectivity index is 2.76. The third-order valence-corrected chi connectivity index (χ3v) is 4.84. The number of hydrogen-bond donors (Lipinski definition) is 1. The predicted octanol–water partition coefficient (Wildman–Crippen LogP) is 2.62. The summed E-state index contributed by atoms with van der Waals surface area (Å²) in [5.74, 6) is 0.144. The van der Waals surface area contributed by atoms with Gasteiger partial charge >= 0.3 is 0 Å². The van der Waals surface area contributed by atoms with Gasteiger partial charge in [-0.1, -0.05) is 38.5 Å². The van der Waals surface area contributed by atoms with E-state index in [2.05, 4.69) is 19.2 Å². The second-order valence-corrected chi connectivity index (χ2v) is 6.84. The first kappa shape index (κ1) is 17.0. The average molecular weight is 298 g/mol. The quantitative estimate of drug-likeness (QED) is 0.676. The Morgan fingerprint density at radius 2 is 1.75 bits per heavy atom. The van der Waals surface area contributed by atoms with Gasteiger partial charge in [0.25, 0.3) is 0 Å². The van der Waals surface area contributed by atoms with Gasteiger partial charge in [-0.25, -0.2) is 8.42 Å². The molecule has 0 amide bonds. The van der Waals surface area contributed by atoms with Gasteiger partial charge in [-0.2, -0.15) is 0 Å². The van der Waals surface area contributed by atoms with Gasteiger partial charge in [0.05, 0.1) is 11.4 Å². The third kappa shape index (κ3) is 5.51. The van der Waals surface area contributed by atoms with Crippen LogP contribution in [0.4, 0.5) is 5.69 Å². The highest BCUT2D eigenvalue weighted by atomic mass is 32.2. The molecule has 1 rings (SSSR count). The first-order chi connectivity index (χ1) is 9.61. The van der Waals surface area contributed by atoms with E-state index in [-0.39, 0.29) is 5.75 Å². The molecule has 0 saturated carbocycles. The van der Waals surface area contributed by atoms with E-state index in [0.717, 1.165) is 31.5 Å². The zero-order valence-corrected chi connectivity index (χ0v) is 13.3. The Kier molecular flexibility index (Phi) is 7.62. The molecule has 1 aromatic rings.